The van der Waals surface area contributed by atoms with Crippen LogP contribution in [0.2, 0.25) is 0 Å². The van der Waals surface area contributed by atoms with Gasteiger partial charge in [0, 0.05) is 11.6 Å². The second-order valence-electron chi connectivity index (χ2n) is 8.05. The Morgan fingerprint density at radius 2 is 1.68 bits per heavy atom. The van der Waals surface area contributed by atoms with Crippen LogP contribution in [0.15, 0.2) is 12.1 Å². The molecule has 25 heavy (non-hydrogen) atoms. The number of nitrogens with one attached hydrogen (secondary N) is 1. The number of amides is 1. The van der Waals surface area contributed by atoms with E-state index in [9.17, 15) is 4.79 Å². The topological polar surface area (TPSA) is 56.8 Å². The van der Waals surface area contributed by atoms with Gasteiger partial charge in [0.1, 0.15) is 0 Å². The lowest BCUT2D eigenvalue weighted by molar-refractivity contribution is 0.0825. The fourth-order valence-electron chi connectivity index (χ4n) is 4.88. The molecule has 0 aromatic heterocycles. The van der Waals surface area contributed by atoms with Crippen LogP contribution in [-0.2, 0) is 0 Å². The van der Waals surface area contributed by atoms with Gasteiger partial charge in [-0.25, -0.2) is 0 Å². The van der Waals surface area contributed by atoms with E-state index in [-0.39, 0.29) is 22.8 Å². The maximum absolute atomic E-state index is 12.9. The Morgan fingerprint density at radius 1 is 1.08 bits per heavy atom. The van der Waals surface area contributed by atoms with E-state index in [4.69, 9.17) is 14.2 Å². The van der Waals surface area contributed by atoms with Gasteiger partial charge in [-0.05, 0) is 48.1 Å². The van der Waals surface area contributed by atoms with Gasteiger partial charge in [-0.15, -0.1) is 0 Å². The fourth-order valence-corrected chi connectivity index (χ4v) is 4.88. The molecule has 0 aliphatic heterocycles. The second kappa shape index (κ2) is 6.11. The minimum absolute atomic E-state index is 0.0890. The van der Waals surface area contributed by atoms with E-state index in [1.54, 1.807) is 33.5 Å². The van der Waals surface area contributed by atoms with E-state index >= 15 is 0 Å². The van der Waals surface area contributed by atoms with Crippen LogP contribution in [0.5, 0.6) is 17.2 Å². The van der Waals surface area contributed by atoms with Crippen molar-refractivity contribution in [3.05, 3.63) is 17.7 Å². The number of fused-ring (bicyclic) bond motifs is 2. The van der Waals surface area contributed by atoms with Gasteiger partial charge in [0.2, 0.25) is 5.75 Å². The summed E-state index contributed by atoms with van der Waals surface area (Å²) in [7, 11) is 4.66. The zero-order chi connectivity index (χ0) is 18.4. The lowest BCUT2D eigenvalue weighted by Gasteiger charge is -2.39. The number of methoxy groups -OCH3 is 3. The van der Waals surface area contributed by atoms with Gasteiger partial charge >= 0.3 is 0 Å². The molecule has 1 aromatic rings. The number of benzene rings is 1. The van der Waals surface area contributed by atoms with E-state index in [0.29, 0.717) is 28.7 Å². The minimum atomic E-state index is -0.0890. The Morgan fingerprint density at radius 3 is 2.08 bits per heavy atom. The van der Waals surface area contributed by atoms with Gasteiger partial charge in [0.05, 0.1) is 21.3 Å². The molecular weight excluding hydrogens is 318 g/mol. The number of rotatable bonds is 5. The molecule has 5 heteroatoms. The molecule has 1 N–H and O–H groups in total. The number of carbonyl (C=O) groups is 1. The van der Waals surface area contributed by atoms with Crippen LogP contribution in [0.1, 0.15) is 50.4 Å². The van der Waals surface area contributed by atoms with E-state index in [2.05, 4.69) is 26.1 Å². The molecule has 2 fully saturated rings. The smallest absolute Gasteiger partial charge is 0.251 e. The summed E-state index contributed by atoms with van der Waals surface area (Å²) in [6, 6.07) is 3.61. The first-order chi connectivity index (χ1) is 11.8. The maximum Gasteiger partial charge on any atom is 0.251 e. The second-order valence-corrected chi connectivity index (χ2v) is 8.05. The molecule has 138 valence electrons. The van der Waals surface area contributed by atoms with Gasteiger partial charge in [-0.1, -0.05) is 20.8 Å². The first-order valence-corrected chi connectivity index (χ1v) is 8.89. The summed E-state index contributed by atoms with van der Waals surface area (Å²) in [6.07, 6.45) is 3.49. The van der Waals surface area contributed by atoms with Gasteiger partial charge in [-0.2, -0.15) is 0 Å². The molecule has 3 atom stereocenters. The van der Waals surface area contributed by atoms with Crippen molar-refractivity contribution in [2.75, 3.05) is 21.3 Å². The Hall–Kier alpha value is -1.91. The summed E-state index contributed by atoms with van der Waals surface area (Å²) in [4.78, 5) is 12.9. The van der Waals surface area contributed by atoms with Crippen molar-refractivity contribution < 1.29 is 19.0 Å². The highest BCUT2D eigenvalue weighted by Gasteiger charge is 2.61. The molecule has 5 nitrogen and oxygen atoms in total. The quantitative estimate of drug-likeness (QED) is 0.883. The highest BCUT2D eigenvalue weighted by atomic mass is 16.5. The lowest BCUT2D eigenvalue weighted by Crippen LogP contribution is -2.46. The number of hydrogen-bond acceptors (Lipinski definition) is 4. The Balaban J connectivity index is 1.85. The first-order valence-electron chi connectivity index (χ1n) is 8.89. The van der Waals surface area contributed by atoms with Gasteiger partial charge < -0.3 is 19.5 Å². The summed E-state index contributed by atoms with van der Waals surface area (Å²) < 4.78 is 16.0. The molecule has 2 aliphatic rings. The van der Waals surface area contributed by atoms with Crippen molar-refractivity contribution in [1.82, 2.24) is 5.32 Å². The third-order valence-electron chi connectivity index (χ3n) is 7.03. The zero-order valence-electron chi connectivity index (χ0n) is 16.1. The predicted octanol–water partition coefficient (Wildman–Crippen LogP) is 3.66. The summed E-state index contributed by atoms with van der Waals surface area (Å²) in [5.74, 6) is 2.07. The van der Waals surface area contributed by atoms with Crippen LogP contribution >= 0.6 is 0 Å². The average Bonchev–Trinajstić information content (AvgIpc) is 2.93. The molecule has 3 unspecified atom stereocenters. The number of ether oxygens (including phenoxy) is 3. The summed E-state index contributed by atoms with van der Waals surface area (Å²) in [5.41, 5.74) is 0.937. The van der Waals surface area contributed by atoms with E-state index in [1.807, 2.05) is 0 Å². The van der Waals surface area contributed by atoms with Crippen molar-refractivity contribution in [3.63, 3.8) is 0 Å². The van der Waals surface area contributed by atoms with Crippen molar-refractivity contribution in [2.24, 2.45) is 16.7 Å². The van der Waals surface area contributed by atoms with Crippen molar-refractivity contribution in [1.29, 1.82) is 0 Å². The highest BCUT2D eigenvalue weighted by molar-refractivity contribution is 5.96. The Bertz CT molecular complexity index is 659. The third kappa shape index (κ3) is 2.55. The third-order valence-corrected chi connectivity index (χ3v) is 7.03. The van der Waals surface area contributed by atoms with Crippen LogP contribution in [0, 0.1) is 16.7 Å². The molecule has 2 aliphatic carbocycles. The monoisotopic (exact) mass is 347 g/mol. The highest BCUT2D eigenvalue weighted by Crippen LogP contribution is 2.65. The van der Waals surface area contributed by atoms with Crippen molar-refractivity contribution in [3.8, 4) is 17.2 Å². The molecule has 2 bridgehead atoms. The SMILES string of the molecule is COc1cc(C(=O)NC2CC3CCC2(C)C3(C)C)cc(OC)c1OC. The fraction of sp³-hybridized carbons (Fsp3) is 0.650. The molecule has 1 amide bonds. The summed E-state index contributed by atoms with van der Waals surface area (Å²) in [5, 5.41) is 3.27. The molecule has 3 rings (SSSR count). The van der Waals surface area contributed by atoms with Crippen LogP contribution in [-0.4, -0.2) is 33.3 Å². The van der Waals surface area contributed by atoms with Gasteiger partial charge in [0.15, 0.2) is 11.5 Å². The average molecular weight is 347 g/mol. The lowest BCUT2D eigenvalue weighted by atomic mass is 9.69. The largest absolute Gasteiger partial charge is 0.493 e. The molecule has 2 saturated carbocycles. The minimum Gasteiger partial charge on any atom is -0.493 e. The maximum atomic E-state index is 12.9. The molecule has 0 radical (unpaired) electrons. The van der Waals surface area contributed by atoms with Crippen molar-refractivity contribution in [2.45, 2.75) is 46.1 Å². The Labute approximate surface area is 150 Å². The standard InChI is InChI=1S/C20H29NO4/c1-19(2)13-7-8-20(19,3)16(11-13)21-18(22)12-9-14(23-4)17(25-6)15(10-12)24-5/h9-10,13,16H,7-8,11H2,1-6H3,(H,21,22). The van der Waals surface area contributed by atoms with Gasteiger partial charge in [-0.3, -0.25) is 4.79 Å². The normalized spacial score (nSPS) is 29.4. The first kappa shape index (κ1) is 17.9. The van der Waals surface area contributed by atoms with E-state index in [1.165, 1.54) is 12.8 Å². The molecule has 1 aromatic carbocycles. The zero-order valence-corrected chi connectivity index (χ0v) is 16.1. The van der Waals surface area contributed by atoms with Crippen LogP contribution < -0.4 is 19.5 Å². The number of hydrogen-bond donors (Lipinski definition) is 1. The summed E-state index contributed by atoms with van der Waals surface area (Å²) >= 11 is 0. The van der Waals surface area contributed by atoms with E-state index in [0.717, 1.165) is 6.42 Å². The van der Waals surface area contributed by atoms with Crippen LogP contribution in [0.25, 0.3) is 0 Å². The number of carbonyl (C=O) groups excluding carboxylic acids is 1. The molecule has 0 spiro atoms. The van der Waals surface area contributed by atoms with Crippen LogP contribution in [0.4, 0.5) is 0 Å². The Kier molecular flexibility index (Phi) is 4.38. The van der Waals surface area contributed by atoms with Gasteiger partial charge in [0.25, 0.3) is 5.91 Å². The van der Waals surface area contributed by atoms with Crippen LogP contribution in [0.3, 0.4) is 0 Å². The molecular formula is C20H29NO4. The summed E-state index contributed by atoms with van der Waals surface area (Å²) in [6.45, 7) is 7.01. The van der Waals surface area contributed by atoms with E-state index < -0.39 is 0 Å². The molecule has 0 saturated heterocycles. The van der Waals surface area contributed by atoms with Crippen molar-refractivity contribution >= 4 is 5.91 Å². The molecule has 0 heterocycles. The predicted molar refractivity (Wildman–Crippen MR) is 96.6 cm³/mol.